The molecule has 2 aliphatic heterocycles. The molecule has 0 spiro atoms. The highest BCUT2D eigenvalue weighted by molar-refractivity contribution is 8.00. The summed E-state index contributed by atoms with van der Waals surface area (Å²) < 4.78 is 5.49. The van der Waals surface area contributed by atoms with E-state index in [2.05, 4.69) is 22.9 Å². The van der Waals surface area contributed by atoms with Crippen LogP contribution in [0.5, 0.6) is 5.75 Å². The highest BCUT2D eigenvalue weighted by Crippen LogP contribution is 2.42. The molecule has 0 saturated carbocycles. The third-order valence-electron chi connectivity index (χ3n) is 4.84. The van der Waals surface area contributed by atoms with Crippen molar-refractivity contribution in [3.8, 4) is 5.75 Å². The van der Waals surface area contributed by atoms with Crippen LogP contribution in [0.3, 0.4) is 0 Å². The maximum Gasteiger partial charge on any atom is 0.233 e. The topological polar surface area (TPSA) is 36.0 Å². The zero-order valence-corrected chi connectivity index (χ0v) is 15.4. The average molecular weight is 350 g/mol. The van der Waals surface area contributed by atoms with E-state index in [9.17, 15) is 4.79 Å². The minimum Gasteiger partial charge on any atom is -0.496 e. The van der Waals surface area contributed by atoms with Gasteiger partial charge in [-0.1, -0.05) is 18.2 Å². The summed E-state index contributed by atoms with van der Waals surface area (Å²) >= 11 is 1.70. The van der Waals surface area contributed by atoms with Crippen LogP contribution in [0.2, 0.25) is 0 Å². The number of methoxy groups -OCH3 is 1. The molecule has 2 saturated heterocycles. The van der Waals surface area contributed by atoms with E-state index < -0.39 is 0 Å². The molecule has 24 heavy (non-hydrogen) atoms. The van der Waals surface area contributed by atoms with Gasteiger partial charge in [-0.25, -0.2) is 0 Å². The van der Waals surface area contributed by atoms with Crippen molar-refractivity contribution in [2.45, 2.75) is 11.8 Å². The number of carbonyl (C=O) groups excluding carboxylic acids is 1. The lowest BCUT2D eigenvalue weighted by molar-refractivity contribution is -0.128. The molecule has 0 aliphatic carbocycles. The second-order valence-corrected chi connectivity index (χ2v) is 7.56. The molecule has 2 heterocycles. The summed E-state index contributed by atoms with van der Waals surface area (Å²) in [6.07, 6.45) is 1.03. The summed E-state index contributed by atoms with van der Waals surface area (Å²) in [5, 5.41) is 0.0844. The average Bonchev–Trinajstić information content (AvgIpc) is 2.97. The molecule has 5 nitrogen and oxygen atoms in total. The molecule has 2 fully saturated rings. The van der Waals surface area contributed by atoms with Gasteiger partial charge in [0.1, 0.15) is 11.1 Å². The van der Waals surface area contributed by atoms with Crippen LogP contribution < -0.4 is 4.74 Å². The van der Waals surface area contributed by atoms with Gasteiger partial charge in [0, 0.05) is 38.3 Å². The van der Waals surface area contributed by atoms with Gasteiger partial charge in [0.15, 0.2) is 0 Å². The molecule has 0 bridgehead atoms. The molecular weight excluding hydrogens is 322 g/mol. The summed E-state index contributed by atoms with van der Waals surface area (Å²) in [6, 6.07) is 8.04. The van der Waals surface area contributed by atoms with Crippen LogP contribution in [0.4, 0.5) is 0 Å². The lowest BCUT2D eigenvalue weighted by Gasteiger charge is -2.33. The number of hydrogen-bond donors (Lipinski definition) is 0. The highest BCUT2D eigenvalue weighted by atomic mass is 32.2. The molecule has 1 atom stereocenters. The van der Waals surface area contributed by atoms with E-state index >= 15 is 0 Å². The van der Waals surface area contributed by atoms with E-state index in [1.54, 1.807) is 18.9 Å². The third kappa shape index (κ3) is 4.05. The van der Waals surface area contributed by atoms with Gasteiger partial charge in [0.05, 0.1) is 12.9 Å². The number of ether oxygens (including phenoxy) is 1. The maximum absolute atomic E-state index is 12.3. The Morgan fingerprint density at radius 1 is 1.17 bits per heavy atom. The second-order valence-electron chi connectivity index (χ2n) is 6.49. The van der Waals surface area contributed by atoms with Gasteiger partial charge in [-0.2, -0.15) is 0 Å². The Morgan fingerprint density at radius 3 is 2.67 bits per heavy atom. The lowest BCUT2D eigenvalue weighted by Crippen LogP contribution is -2.45. The zero-order valence-electron chi connectivity index (χ0n) is 14.6. The number of benzene rings is 1. The number of nitrogens with zero attached hydrogens (tertiary/aromatic N) is 3. The Kier molecular flexibility index (Phi) is 6.03. The first-order valence-electron chi connectivity index (χ1n) is 8.64. The number of piperazine rings is 1. The molecular formula is C18H27N3O2S. The Hall–Kier alpha value is -1.24. The number of hydrogen-bond acceptors (Lipinski definition) is 5. The van der Waals surface area contributed by atoms with Crippen molar-refractivity contribution < 1.29 is 9.53 Å². The highest BCUT2D eigenvalue weighted by Gasteiger charge is 2.34. The quantitative estimate of drug-likeness (QED) is 0.784. The Labute approximate surface area is 148 Å². The van der Waals surface area contributed by atoms with Gasteiger partial charge in [-0.15, -0.1) is 11.8 Å². The van der Waals surface area contributed by atoms with Crippen LogP contribution in [0, 0.1) is 0 Å². The zero-order chi connectivity index (χ0) is 16.9. The molecule has 0 aromatic heterocycles. The van der Waals surface area contributed by atoms with E-state index in [4.69, 9.17) is 4.74 Å². The third-order valence-corrected chi connectivity index (χ3v) is 6.08. The molecule has 3 rings (SSSR count). The SMILES string of the molecule is COc1ccccc1C1SCC(=O)N1CCCN1CCN(C)CC1. The number of amides is 1. The molecule has 6 heteroatoms. The predicted molar refractivity (Wildman–Crippen MR) is 98.5 cm³/mol. The van der Waals surface area contributed by atoms with Crippen molar-refractivity contribution in [2.75, 3.05) is 59.2 Å². The van der Waals surface area contributed by atoms with Crippen molar-refractivity contribution in [3.63, 3.8) is 0 Å². The molecule has 132 valence electrons. The van der Waals surface area contributed by atoms with Gasteiger partial charge >= 0.3 is 0 Å². The minimum absolute atomic E-state index is 0.0844. The summed E-state index contributed by atoms with van der Waals surface area (Å²) in [5.41, 5.74) is 1.11. The smallest absolute Gasteiger partial charge is 0.233 e. The number of para-hydroxylation sites is 1. The van der Waals surface area contributed by atoms with Crippen molar-refractivity contribution in [1.82, 2.24) is 14.7 Å². The number of rotatable bonds is 6. The molecule has 1 aromatic carbocycles. The van der Waals surface area contributed by atoms with Crippen LogP contribution >= 0.6 is 11.8 Å². The van der Waals surface area contributed by atoms with Crippen LogP contribution in [0.1, 0.15) is 17.4 Å². The van der Waals surface area contributed by atoms with Crippen molar-refractivity contribution >= 4 is 17.7 Å². The Bertz CT molecular complexity index is 561. The Morgan fingerprint density at radius 2 is 1.92 bits per heavy atom. The summed E-state index contributed by atoms with van der Waals surface area (Å²) in [5.74, 6) is 1.68. The van der Waals surface area contributed by atoms with Gasteiger partial charge in [-0.3, -0.25) is 4.79 Å². The lowest BCUT2D eigenvalue weighted by atomic mass is 10.1. The van der Waals surface area contributed by atoms with E-state index in [0.717, 1.165) is 57.0 Å². The first-order valence-corrected chi connectivity index (χ1v) is 9.69. The van der Waals surface area contributed by atoms with Crippen molar-refractivity contribution in [3.05, 3.63) is 29.8 Å². The Balaban J connectivity index is 1.57. The number of thioether (sulfide) groups is 1. The van der Waals surface area contributed by atoms with Crippen LogP contribution in [-0.2, 0) is 4.79 Å². The fraction of sp³-hybridized carbons (Fsp3) is 0.611. The molecule has 0 N–H and O–H groups in total. The van der Waals surface area contributed by atoms with E-state index in [1.807, 2.05) is 23.1 Å². The fourth-order valence-corrected chi connectivity index (χ4v) is 4.60. The largest absolute Gasteiger partial charge is 0.496 e. The van der Waals surface area contributed by atoms with Crippen molar-refractivity contribution in [2.24, 2.45) is 0 Å². The van der Waals surface area contributed by atoms with Gasteiger partial charge < -0.3 is 19.4 Å². The fourth-order valence-electron chi connectivity index (χ4n) is 3.36. The number of likely N-dealkylation sites (N-methyl/N-ethyl adjacent to an activating group) is 1. The molecule has 1 unspecified atom stereocenters. The minimum atomic E-state index is 0.0844. The normalized spacial score (nSPS) is 23.0. The van der Waals surface area contributed by atoms with Crippen LogP contribution in [0.25, 0.3) is 0 Å². The monoisotopic (exact) mass is 349 g/mol. The van der Waals surface area contributed by atoms with Gasteiger partial charge in [0.25, 0.3) is 0 Å². The maximum atomic E-state index is 12.3. The van der Waals surface area contributed by atoms with Crippen LogP contribution in [0.15, 0.2) is 24.3 Å². The summed E-state index contributed by atoms with van der Waals surface area (Å²) in [4.78, 5) is 19.2. The predicted octanol–water partition coefficient (Wildman–Crippen LogP) is 1.91. The first kappa shape index (κ1) is 17.6. The van der Waals surface area contributed by atoms with Gasteiger partial charge in [-0.05, 0) is 26.1 Å². The standard InChI is InChI=1S/C18H27N3O2S/c1-19-10-12-20(13-11-19)8-5-9-21-17(22)14-24-18(21)15-6-3-4-7-16(15)23-2/h3-4,6-7,18H,5,8-14H2,1-2H3. The molecule has 1 aromatic rings. The summed E-state index contributed by atoms with van der Waals surface area (Å²) in [7, 11) is 3.87. The van der Waals surface area contributed by atoms with E-state index in [0.29, 0.717) is 5.75 Å². The van der Waals surface area contributed by atoms with Crippen LogP contribution in [-0.4, -0.2) is 79.8 Å². The molecule has 1 amide bonds. The van der Waals surface area contributed by atoms with E-state index in [-0.39, 0.29) is 11.3 Å². The molecule has 0 radical (unpaired) electrons. The van der Waals surface area contributed by atoms with Crippen molar-refractivity contribution in [1.29, 1.82) is 0 Å². The number of carbonyl (C=O) groups is 1. The summed E-state index contributed by atoms with van der Waals surface area (Å²) in [6.45, 7) is 6.44. The van der Waals surface area contributed by atoms with Gasteiger partial charge in [0.2, 0.25) is 5.91 Å². The van der Waals surface area contributed by atoms with E-state index in [1.165, 1.54) is 0 Å². The second kappa shape index (κ2) is 8.23. The first-order chi connectivity index (χ1) is 11.7. The molecule has 2 aliphatic rings.